The molecule has 0 radical (unpaired) electrons. The van der Waals surface area contributed by atoms with E-state index in [2.05, 4.69) is 36.3 Å². The number of carbonyl (C=O) groups excluding carboxylic acids is 1. The molecule has 0 aliphatic rings. The van der Waals surface area contributed by atoms with Gasteiger partial charge < -0.3 is 10.1 Å². The summed E-state index contributed by atoms with van der Waals surface area (Å²) in [5.41, 5.74) is 3.70. The number of nitrogens with zero attached hydrogens (tertiary/aromatic N) is 2. The Hall–Kier alpha value is -3.21. The molecule has 1 amide bonds. The van der Waals surface area contributed by atoms with Crippen LogP contribution in [0.2, 0.25) is 0 Å². The Bertz CT molecular complexity index is 899. The maximum atomic E-state index is 12.2. The largest absolute Gasteiger partial charge is 0.475 e. The predicted molar refractivity (Wildman–Crippen MR) is 110 cm³/mol. The van der Waals surface area contributed by atoms with Gasteiger partial charge in [0, 0.05) is 17.2 Å². The highest BCUT2D eigenvalue weighted by molar-refractivity contribution is 5.94. The van der Waals surface area contributed by atoms with Crippen molar-refractivity contribution in [2.75, 3.05) is 13.2 Å². The number of ether oxygens (including phenoxy) is 1. The minimum Gasteiger partial charge on any atom is -0.475 e. The van der Waals surface area contributed by atoms with E-state index in [0.29, 0.717) is 24.6 Å². The molecule has 5 nitrogen and oxygen atoms in total. The number of benzene rings is 2. The molecular formula is C23H25N3O2. The van der Waals surface area contributed by atoms with E-state index < -0.39 is 0 Å². The van der Waals surface area contributed by atoms with Gasteiger partial charge in [-0.3, -0.25) is 4.79 Å². The molecule has 0 unspecified atom stereocenters. The fourth-order valence-corrected chi connectivity index (χ4v) is 2.70. The standard InChI is InChI=1S/C23H25N3O2/c1-23(2,3)19-11-9-18(10-12-19)22(27)24-15-16-28-21-14-13-20(25-26-21)17-7-5-4-6-8-17/h4-14H,15-16H2,1-3H3,(H,24,27). The Morgan fingerprint density at radius 3 is 2.25 bits per heavy atom. The molecule has 0 aliphatic heterocycles. The van der Waals surface area contributed by atoms with Crippen molar-refractivity contribution >= 4 is 5.91 Å². The molecule has 0 atom stereocenters. The molecule has 144 valence electrons. The van der Waals surface area contributed by atoms with E-state index in [4.69, 9.17) is 4.74 Å². The van der Waals surface area contributed by atoms with E-state index in [-0.39, 0.29) is 11.3 Å². The average molecular weight is 375 g/mol. The quantitative estimate of drug-likeness (QED) is 0.654. The molecule has 0 saturated heterocycles. The molecule has 0 saturated carbocycles. The zero-order chi connectivity index (χ0) is 20.0. The van der Waals surface area contributed by atoms with Crippen molar-refractivity contribution < 1.29 is 9.53 Å². The van der Waals surface area contributed by atoms with Crippen LogP contribution in [0, 0.1) is 0 Å². The van der Waals surface area contributed by atoms with Crippen molar-refractivity contribution in [1.82, 2.24) is 15.5 Å². The van der Waals surface area contributed by atoms with Gasteiger partial charge >= 0.3 is 0 Å². The van der Waals surface area contributed by atoms with Crippen LogP contribution >= 0.6 is 0 Å². The first kappa shape index (κ1) is 19.5. The number of carbonyl (C=O) groups is 1. The minimum atomic E-state index is -0.116. The number of aromatic nitrogens is 2. The van der Waals surface area contributed by atoms with Crippen LogP contribution in [-0.2, 0) is 5.41 Å². The molecule has 1 aromatic heterocycles. The Morgan fingerprint density at radius 2 is 1.64 bits per heavy atom. The SMILES string of the molecule is CC(C)(C)c1ccc(C(=O)NCCOc2ccc(-c3ccccc3)nn2)cc1. The Morgan fingerprint density at radius 1 is 0.929 bits per heavy atom. The molecule has 0 fully saturated rings. The second-order valence-corrected chi connectivity index (χ2v) is 7.55. The number of nitrogens with one attached hydrogen (secondary N) is 1. The van der Waals surface area contributed by atoms with Gasteiger partial charge in [-0.25, -0.2) is 0 Å². The van der Waals surface area contributed by atoms with Crippen LogP contribution in [0.5, 0.6) is 5.88 Å². The highest BCUT2D eigenvalue weighted by atomic mass is 16.5. The van der Waals surface area contributed by atoms with Gasteiger partial charge in [-0.2, -0.15) is 0 Å². The average Bonchev–Trinajstić information content (AvgIpc) is 2.71. The van der Waals surface area contributed by atoms with Crippen molar-refractivity contribution in [2.45, 2.75) is 26.2 Å². The predicted octanol–water partition coefficient (Wildman–Crippen LogP) is 4.25. The van der Waals surface area contributed by atoms with Gasteiger partial charge in [0.2, 0.25) is 5.88 Å². The van der Waals surface area contributed by atoms with Gasteiger partial charge in [-0.05, 0) is 29.2 Å². The maximum absolute atomic E-state index is 12.2. The summed E-state index contributed by atoms with van der Waals surface area (Å²) in [6.45, 7) is 7.16. The summed E-state index contributed by atoms with van der Waals surface area (Å²) in [6.07, 6.45) is 0. The summed E-state index contributed by atoms with van der Waals surface area (Å²) in [4.78, 5) is 12.2. The number of amides is 1. The molecule has 0 spiro atoms. The number of hydrogen-bond donors (Lipinski definition) is 1. The normalized spacial score (nSPS) is 11.1. The van der Waals surface area contributed by atoms with Gasteiger partial charge in [0.05, 0.1) is 12.2 Å². The highest BCUT2D eigenvalue weighted by Gasteiger charge is 2.14. The van der Waals surface area contributed by atoms with Crippen LogP contribution in [0.4, 0.5) is 0 Å². The third-order valence-corrected chi connectivity index (χ3v) is 4.36. The van der Waals surface area contributed by atoms with E-state index in [0.717, 1.165) is 11.3 Å². The van der Waals surface area contributed by atoms with Gasteiger partial charge in [0.15, 0.2) is 0 Å². The lowest BCUT2D eigenvalue weighted by Gasteiger charge is -2.19. The summed E-state index contributed by atoms with van der Waals surface area (Å²) < 4.78 is 5.56. The summed E-state index contributed by atoms with van der Waals surface area (Å²) >= 11 is 0. The molecule has 3 aromatic rings. The van der Waals surface area contributed by atoms with Crippen molar-refractivity contribution in [1.29, 1.82) is 0 Å². The fourth-order valence-electron chi connectivity index (χ4n) is 2.70. The molecule has 5 heteroatoms. The van der Waals surface area contributed by atoms with Crippen LogP contribution in [0.1, 0.15) is 36.7 Å². The lowest BCUT2D eigenvalue weighted by molar-refractivity contribution is 0.0946. The first-order valence-electron chi connectivity index (χ1n) is 9.34. The summed E-state index contributed by atoms with van der Waals surface area (Å²) in [7, 11) is 0. The molecule has 1 N–H and O–H groups in total. The number of hydrogen-bond acceptors (Lipinski definition) is 4. The topological polar surface area (TPSA) is 64.1 Å². The lowest BCUT2D eigenvalue weighted by atomic mass is 9.87. The number of rotatable bonds is 6. The van der Waals surface area contributed by atoms with Crippen LogP contribution in [0.15, 0.2) is 66.7 Å². The van der Waals surface area contributed by atoms with Gasteiger partial charge in [0.25, 0.3) is 5.91 Å². The molecule has 1 heterocycles. The van der Waals surface area contributed by atoms with Crippen molar-refractivity contribution in [3.05, 3.63) is 77.9 Å². The van der Waals surface area contributed by atoms with Crippen LogP contribution < -0.4 is 10.1 Å². The van der Waals surface area contributed by atoms with E-state index in [1.54, 1.807) is 6.07 Å². The molecule has 28 heavy (non-hydrogen) atoms. The van der Waals surface area contributed by atoms with Gasteiger partial charge in [-0.15, -0.1) is 10.2 Å². The summed E-state index contributed by atoms with van der Waals surface area (Å²) in [6, 6.07) is 21.2. The van der Waals surface area contributed by atoms with Crippen LogP contribution in [0.25, 0.3) is 11.3 Å². The minimum absolute atomic E-state index is 0.0694. The highest BCUT2D eigenvalue weighted by Crippen LogP contribution is 2.22. The Labute approximate surface area is 165 Å². The van der Waals surface area contributed by atoms with E-state index >= 15 is 0 Å². The van der Waals surface area contributed by atoms with Crippen molar-refractivity contribution in [3.8, 4) is 17.1 Å². The third kappa shape index (κ3) is 5.16. The van der Waals surface area contributed by atoms with Gasteiger partial charge in [-0.1, -0.05) is 63.2 Å². The third-order valence-electron chi connectivity index (χ3n) is 4.36. The zero-order valence-corrected chi connectivity index (χ0v) is 16.5. The maximum Gasteiger partial charge on any atom is 0.251 e. The Balaban J connectivity index is 1.46. The second-order valence-electron chi connectivity index (χ2n) is 7.55. The summed E-state index contributed by atoms with van der Waals surface area (Å²) in [5, 5.41) is 11.1. The van der Waals surface area contributed by atoms with E-state index in [1.807, 2.05) is 60.7 Å². The molecular weight excluding hydrogens is 350 g/mol. The monoisotopic (exact) mass is 375 g/mol. The van der Waals surface area contributed by atoms with Crippen molar-refractivity contribution in [2.24, 2.45) is 0 Å². The fraction of sp³-hybridized carbons (Fsp3) is 0.261. The molecule has 2 aromatic carbocycles. The second kappa shape index (κ2) is 8.65. The Kier molecular flexibility index (Phi) is 6.04. The molecule has 3 rings (SSSR count). The lowest BCUT2D eigenvalue weighted by Crippen LogP contribution is -2.28. The first-order valence-corrected chi connectivity index (χ1v) is 9.34. The van der Waals surface area contributed by atoms with Crippen LogP contribution in [-0.4, -0.2) is 29.3 Å². The zero-order valence-electron chi connectivity index (χ0n) is 16.5. The smallest absolute Gasteiger partial charge is 0.251 e. The van der Waals surface area contributed by atoms with E-state index in [9.17, 15) is 4.79 Å². The first-order chi connectivity index (χ1) is 13.4. The molecule has 0 bridgehead atoms. The summed E-state index contributed by atoms with van der Waals surface area (Å²) in [5.74, 6) is 0.318. The van der Waals surface area contributed by atoms with Crippen molar-refractivity contribution in [3.63, 3.8) is 0 Å². The molecule has 0 aliphatic carbocycles. The van der Waals surface area contributed by atoms with Crippen LogP contribution in [0.3, 0.4) is 0 Å². The van der Waals surface area contributed by atoms with E-state index in [1.165, 1.54) is 5.56 Å². The van der Waals surface area contributed by atoms with Gasteiger partial charge in [0.1, 0.15) is 6.61 Å².